The summed E-state index contributed by atoms with van der Waals surface area (Å²) in [4.78, 5) is 8.36. The smallest absolute Gasteiger partial charge is 0.234 e. The Balaban J connectivity index is 2.92. The van der Waals surface area contributed by atoms with Crippen LogP contribution in [0.25, 0.3) is 5.78 Å². The highest BCUT2D eigenvalue weighted by Crippen LogP contribution is 2.10. The van der Waals surface area contributed by atoms with Crippen LogP contribution in [0.4, 0.5) is 0 Å². The van der Waals surface area contributed by atoms with Gasteiger partial charge in [0.2, 0.25) is 5.78 Å². The monoisotopic (exact) mass is 259 g/mol. The molecule has 3 nitrogen and oxygen atoms in total. The van der Waals surface area contributed by atoms with Gasteiger partial charge in [0.1, 0.15) is 3.70 Å². The molecule has 56 valence electrons. The number of rotatable bonds is 0. The average molecular weight is 259 g/mol. The summed E-state index contributed by atoms with van der Waals surface area (Å²) in [6.45, 7) is 2.03. The molecule has 4 heteroatoms. The highest BCUT2D eigenvalue weighted by molar-refractivity contribution is 14.1. The summed E-state index contributed by atoms with van der Waals surface area (Å²) in [5.41, 5.74) is 1.15. The van der Waals surface area contributed by atoms with Crippen molar-refractivity contribution in [2.75, 3.05) is 0 Å². The molecule has 2 aromatic heterocycles. The van der Waals surface area contributed by atoms with Crippen LogP contribution in [-0.4, -0.2) is 14.4 Å². The summed E-state index contributed by atoms with van der Waals surface area (Å²) < 4.78 is 2.99. The number of halogens is 1. The molecule has 0 N–H and O–H groups in total. The van der Waals surface area contributed by atoms with Crippen LogP contribution >= 0.6 is 22.6 Å². The van der Waals surface area contributed by atoms with Gasteiger partial charge in [-0.2, -0.15) is 0 Å². The van der Waals surface area contributed by atoms with Gasteiger partial charge in [0.25, 0.3) is 0 Å². The second-order valence-electron chi connectivity index (χ2n) is 2.28. The molecular weight excluding hydrogens is 253 g/mol. The van der Waals surface area contributed by atoms with E-state index in [4.69, 9.17) is 0 Å². The van der Waals surface area contributed by atoms with Gasteiger partial charge in [0.05, 0.1) is 5.69 Å². The third-order valence-corrected chi connectivity index (χ3v) is 2.61. The third-order valence-electron chi connectivity index (χ3n) is 1.58. The molecule has 0 unspecified atom stereocenters. The second-order valence-corrected chi connectivity index (χ2v) is 3.30. The Morgan fingerprint density at radius 3 is 3.09 bits per heavy atom. The molecule has 11 heavy (non-hydrogen) atoms. The van der Waals surface area contributed by atoms with E-state index in [1.165, 1.54) is 0 Å². The highest BCUT2D eigenvalue weighted by Gasteiger charge is 2.03. The van der Waals surface area contributed by atoms with Gasteiger partial charge in [0.15, 0.2) is 0 Å². The van der Waals surface area contributed by atoms with Gasteiger partial charge in [-0.05, 0) is 35.6 Å². The van der Waals surface area contributed by atoms with E-state index < -0.39 is 0 Å². The molecule has 0 bridgehead atoms. The number of hydrogen-bond acceptors (Lipinski definition) is 2. The maximum Gasteiger partial charge on any atom is 0.234 e. The van der Waals surface area contributed by atoms with E-state index in [-0.39, 0.29) is 0 Å². The molecule has 2 heterocycles. The first-order valence-corrected chi connectivity index (χ1v) is 4.32. The van der Waals surface area contributed by atoms with Gasteiger partial charge in [0, 0.05) is 12.4 Å². The SMILES string of the molecule is Cc1c(I)nc2ncccn12. The van der Waals surface area contributed by atoms with Crippen molar-refractivity contribution in [2.24, 2.45) is 0 Å². The minimum absolute atomic E-state index is 0.773. The van der Waals surface area contributed by atoms with E-state index in [0.717, 1.165) is 15.2 Å². The summed E-state index contributed by atoms with van der Waals surface area (Å²) in [7, 11) is 0. The Morgan fingerprint density at radius 2 is 2.36 bits per heavy atom. The lowest BCUT2D eigenvalue weighted by Crippen LogP contribution is -1.87. The lowest BCUT2D eigenvalue weighted by atomic mass is 10.5. The van der Waals surface area contributed by atoms with E-state index in [0.29, 0.717) is 0 Å². The fourth-order valence-electron chi connectivity index (χ4n) is 0.976. The van der Waals surface area contributed by atoms with Gasteiger partial charge < -0.3 is 0 Å². The molecule has 2 rings (SSSR count). The van der Waals surface area contributed by atoms with Gasteiger partial charge >= 0.3 is 0 Å². The predicted octanol–water partition coefficient (Wildman–Crippen LogP) is 1.64. The maximum absolute atomic E-state index is 4.25. The van der Waals surface area contributed by atoms with E-state index in [1.807, 2.05) is 23.6 Å². The Morgan fingerprint density at radius 1 is 1.55 bits per heavy atom. The minimum atomic E-state index is 0.773. The van der Waals surface area contributed by atoms with Crippen LogP contribution in [0.3, 0.4) is 0 Å². The Bertz CT molecular complexity index is 393. The summed E-state index contributed by atoms with van der Waals surface area (Å²) in [6, 6.07) is 1.90. The van der Waals surface area contributed by atoms with Gasteiger partial charge in [-0.1, -0.05) is 0 Å². The standard InChI is InChI=1S/C7H6IN3/c1-5-6(8)10-7-9-3-2-4-11(5)7/h2-4H,1H3. The van der Waals surface area contributed by atoms with Gasteiger partial charge in [-0.3, -0.25) is 4.40 Å². The van der Waals surface area contributed by atoms with Gasteiger partial charge in [-0.15, -0.1) is 0 Å². The summed E-state index contributed by atoms with van der Waals surface area (Å²) in [6.07, 6.45) is 3.71. The molecule has 0 atom stereocenters. The second kappa shape index (κ2) is 2.44. The van der Waals surface area contributed by atoms with Crippen molar-refractivity contribution in [3.8, 4) is 0 Å². The molecule has 0 saturated heterocycles. The van der Waals surface area contributed by atoms with Crippen LogP contribution in [0.2, 0.25) is 0 Å². The van der Waals surface area contributed by atoms with Crippen LogP contribution in [0.1, 0.15) is 5.69 Å². The molecule has 0 aliphatic carbocycles. The molecule has 0 aromatic carbocycles. The van der Waals surface area contributed by atoms with Crippen molar-refractivity contribution in [3.63, 3.8) is 0 Å². The number of aryl methyl sites for hydroxylation is 1. The zero-order valence-electron chi connectivity index (χ0n) is 5.95. The van der Waals surface area contributed by atoms with Crippen LogP contribution < -0.4 is 0 Å². The molecule has 0 aliphatic rings. The first-order chi connectivity index (χ1) is 5.29. The summed E-state index contributed by atoms with van der Waals surface area (Å²) in [5, 5.41) is 0. The van der Waals surface area contributed by atoms with Crippen molar-refractivity contribution in [1.82, 2.24) is 14.4 Å². The number of imidazole rings is 1. The number of nitrogens with zero attached hydrogens (tertiary/aromatic N) is 3. The fraction of sp³-hybridized carbons (Fsp3) is 0.143. The average Bonchev–Trinajstić information content (AvgIpc) is 2.30. The Hall–Kier alpha value is -0.650. The van der Waals surface area contributed by atoms with Crippen molar-refractivity contribution in [3.05, 3.63) is 27.9 Å². The van der Waals surface area contributed by atoms with Gasteiger partial charge in [-0.25, -0.2) is 9.97 Å². The quantitative estimate of drug-likeness (QED) is 0.673. The van der Waals surface area contributed by atoms with Crippen LogP contribution in [-0.2, 0) is 0 Å². The van der Waals surface area contributed by atoms with Crippen molar-refractivity contribution < 1.29 is 0 Å². The zero-order valence-corrected chi connectivity index (χ0v) is 8.11. The molecule has 0 radical (unpaired) electrons. The zero-order chi connectivity index (χ0) is 7.84. The molecule has 0 amide bonds. The molecule has 0 saturated carbocycles. The molecule has 0 spiro atoms. The topological polar surface area (TPSA) is 30.2 Å². The van der Waals surface area contributed by atoms with Crippen molar-refractivity contribution in [1.29, 1.82) is 0 Å². The van der Waals surface area contributed by atoms with Crippen molar-refractivity contribution in [2.45, 2.75) is 6.92 Å². The minimum Gasteiger partial charge on any atom is -0.287 e. The van der Waals surface area contributed by atoms with Crippen molar-refractivity contribution >= 4 is 28.4 Å². The molecule has 0 aliphatic heterocycles. The van der Waals surface area contributed by atoms with E-state index in [1.54, 1.807) is 6.20 Å². The highest BCUT2D eigenvalue weighted by atomic mass is 127. The van der Waals surface area contributed by atoms with E-state index in [2.05, 4.69) is 32.6 Å². The lowest BCUT2D eigenvalue weighted by Gasteiger charge is -1.91. The van der Waals surface area contributed by atoms with E-state index in [9.17, 15) is 0 Å². The van der Waals surface area contributed by atoms with Crippen LogP contribution in [0, 0.1) is 10.6 Å². The molecule has 2 aromatic rings. The van der Waals surface area contributed by atoms with Crippen LogP contribution in [0.5, 0.6) is 0 Å². The normalized spacial score (nSPS) is 10.7. The number of aromatic nitrogens is 3. The number of hydrogen-bond donors (Lipinski definition) is 0. The maximum atomic E-state index is 4.25. The lowest BCUT2D eigenvalue weighted by molar-refractivity contribution is 1.06. The molecule has 0 fully saturated rings. The van der Waals surface area contributed by atoms with E-state index >= 15 is 0 Å². The first kappa shape index (κ1) is 7.02. The first-order valence-electron chi connectivity index (χ1n) is 3.24. The Labute approximate surface area is 77.6 Å². The van der Waals surface area contributed by atoms with Crippen LogP contribution in [0.15, 0.2) is 18.5 Å². The largest absolute Gasteiger partial charge is 0.287 e. The predicted molar refractivity (Wildman–Crippen MR) is 50.4 cm³/mol. The third kappa shape index (κ3) is 1.01. The summed E-state index contributed by atoms with van der Waals surface area (Å²) in [5.74, 6) is 0.773. The summed E-state index contributed by atoms with van der Waals surface area (Å²) >= 11 is 2.21. The fourth-order valence-corrected chi connectivity index (χ4v) is 1.45. The molecular formula is C7H6IN3. The Kier molecular flexibility index (Phi) is 1.56. The number of fused-ring (bicyclic) bond motifs is 1.